The molecule has 3 heterocycles. The van der Waals surface area contributed by atoms with Crippen LogP contribution in [0.3, 0.4) is 0 Å². The van der Waals surface area contributed by atoms with Crippen LogP contribution in [0.25, 0.3) is 28.5 Å². The number of nitrogens with one attached hydrogen (secondary N) is 1. The lowest BCUT2D eigenvalue weighted by Crippen LogP contribution is -2.00. The summed E-state index contributed by atoms with van der Waals surface area (Å²) in [6, 6.07) is 19.5. The third-order valence-electron chi connectivity index (χ3n) is 4.22. The largest absolute Gasteiger partial charge is 0.456 e. The van der Waals surface area contributed by atoms with E-state index >= 15 is 0 Å². The molecule has 8 heteroatoms. The van der Waals surface area contributed by atoms with E-state index < -0.39 is 0 Å². The minimum Gasteiger partial charge on any atom is -0.456 e. The monoisotopic (exact) mass is 381 g/mol. The Balaban J connectivity index is 1.58. The number of imidazole rings is 1. The average Bonchev–Trinajstić information content (AvgIpc) is 3.47. The van der Waals surface area contributed by atoms with Crippen molar-refractivity contribution in [1.82, 2.24) is 35.2 Å². The first-order valence-electron chi connectivity index (χ1n) is 8.94. The third-order valence-corrected chi connectivity index (χ3v) is 4.22. The second-order valence-electron chi connectivity index (χ2n) is 6.21. The molecule has 0 saturated carbocycles. The number of rotatable bonds is 5. The molecule has 2 aromatic carbocycles. The second-order valence-corrected chi connectivity index (χ2v) is 6.21. The smallest absolute Gasteiger partial charge is 0.240 e. The molecule has 0 saturated heterocycles. The number of aromatic amines is 1. The van der Waals surface area contributed by atoms with Gasteiger partial charge in [0, 0.05) is 24.7 Å². The van der Waals surface area contributed by atoms with Crippen LogP contribution in [-0.4, -0.2) is 35.2 Å². The molecule has 5 rings (SSSR count). The van der Waals surface area contributed by atoms with Crippen molar-refractivity contribution in [3.63, 3.8) is 0 Å². The number of nitrogens with zero attached hydrogens (tertiary/aromatic N) is 6. The number of tetrazole rings is 1. The maximum Gasteiger partial charge on any atom is 0.240 e. The summed E-state index contributed by atoms with van der Waals surface area (Å²) in [5.74, 6) is 2.26. The summed E-state index contributed by atoms with van der Waals surface area (Å²) in [6.45, 7) is 0. The van der Waals surface area contributed by atoms with Crippen molar-refractivity contribution in [2.45, 2.75) is 0 Å². The molecule has 0 aliphatic rings. The average molecular weight is 381 g/mol. The van der Waals surface area contributed by atoms with Crippen LogP contribution in [-0.2, 0) is 0 Å². The van der Waals surface area contributed by atoms with E-state index in [0.29, 0.717) is 23.1 Å². The maximum atomic E-state index is 6.01. The Morgan fingerprint density at radius 3 is 2.59 bits per heavy atom. The number of ether oxygens (including phenoxy) is 1. The first-order valence-corrected chi connectivity index (χ1v) is 8.94. The van der Waals surface area contributed by atoms with Crippen LogP contribution in [0.15, 0.2) is 85.5 Å². The quantitative estimate of drug-likeness (QED) is 0.496. The van der Waals surface area contributed by atoms with Crippen LogP contribution in [0.4, 0.5) is 0 Å². The number of aromatic nitrogens is 7. The van der Waals surface area contributed by atoms with Gasteiger partial charge in [0.25, 0.3) is 0 Å². The maximum absolute atomic E-state index is 6.01. The predicted octanol–water partition coefficient (Wildman–Crippen LogP) is 3.91. The Kier molecular flexibility index (Phi) is 4.26. The Morgan fingerprint density at radius 1 is 0.862 bits per heavy atom. The summed E-state index contributed by atoms with van der Waals surface area (Å²) in [5.41, 5.74) is 2.74. The van der Waals surface area contributed by atoms with E-state index in [0.717, 1.165) is 16.8 Å². The van der Waals surface area contributed by atoms with E-state index in [2.05, 4.69) is 30.4 Å². The summed E-state index contributed by atoms with van der Waals surface area (Å²) in [7, 11) is 0. The van der Waals surface area contributed by atoms with Gasteiger partial charge in [0.15, 0.2) is 5.82 Å². The van der Waals surface area contributed by atoms with Crippen molar-refractivity contribution in [3.8, 4) is 40.0 Å². The van der Waals surface area contributed by atoms with Crippen molar-refractivity contribution in [3.05, 3.63) is 85.5 Å². The third kappa shape index (κ3) is 3.59. The van der Waals surface area contributed by atoms with Crippen LogP contribution in [0.1, 0.15) is 0 Å². The molecule has 0 amide bonds. The zero-order chi connectivity index (χ0) is 19.5. The SMILES string of the molecule is c1ccc(-c2cc(Oc3cccnc3)cc(-n3nnc(-c4ncc[nH]4)n3)c2)cc1. The van der Waals surface area contributed by atoms with Gasteiger partial charge in [0.1, 0.15) is 11.5 Å². The lowest BCUT2D eigenvalue weighted by atomic mass is 10.0. The van der Waals surface area contributed by atoms with E-state index in [-0.39, 0.29) is 0 Å². The lowest BCUT2D eigenvalue weighted by molar-refractivity contribution is 0.479. The van der Waals surface area contributed by atoms with E-state index in [9.17, 15) is 0 Å². The molecule has 0 bridgehead atoms. The van der Waals surface area contributed by atoms with Crippen molar-refractivity contribution in [2.24, 2.45) is 0 Å². The van der Waals surface area contributed by atoms with E-state index in [1.807, 2.05) is 60.7 Å². The molecule has 8 nitrogen and oxygen atoms in total. The van der Waals surface area contributed by atoms with E-state index in [4.69, 9.17) is 4.74 Å². The minimum atomic E-state index is 0.412. The summed E-state index contributed by atoms with van der Waals surface area (Å²) in [5, 5.41) is 12.7. The van der Waals surface area contributed by atoms with Gasteiger partial charge in [-0.2, -0.15) is 0 Å². The highest BCUT2D eigenvalue weighted by Crippen LogP contribution is 2.30. The van der Waals surface area contributed by atoms with Crippen LogP contribution >= 0.6 is 0 Å². The summed E-state index contributed by atoms with van der Waals surface area (Å²) >= 11 is 0. The number of benzene rings is 2. The fourth-order valence-corrected chi connectivity index (χ4v) is 2.90. The van der Waals surface area contributed by atoms with Crippen molar-refractivity contribution in [2.75, 3.05) is 0 Å². The Bertz CT molecular complexity index is 1220. The van der Waals surface area contributed by atoms with Crippen molar-refractivity contribution >= 4 is 0 Å². The normalized spacial score (nSPS) is 10.8. The molecule has 0 spiro atoms. The number of hydrogen-bond acceptors (Lipinski definition) is 6. The standard InChI is InChI=1S/C21H15N7O/c1-2-5-15(6-3-1)16-11-17(13-19(12-16)29-18-7-4-8-22-14-18)28-26-21(25-27-28)20-23-9-10-24-20/h1-14H,(H,23,24). The Morgan fingerprint density at radius 2 is 1.79 bits per heavy atom. The molecule has 29 heavy (non-hydrogen) atoms. The lowest BCUT2D eigenvalue weighted by Gasteiger charge is -2.10. The highest BCUT2D eigenvalue weighted by Gasteiger charge is 2.12. The zero-order valence-corrected chi connectivity index (χ0v) is 15.2. The molecule has 0 fully saturated rings. The highest BCUT2D eigenvalue weighted by molar-refractivity contribution is 5.68. The zero-order valence-electron chi connectivity index (χ0n) is 15.2. The molecule has 1 N–H and O–H groups in total. The minimum absolute atomic E-state index is 0.412. The fraction of sp³-hybridized carbons (Fsp3) is 0. The van der Waals surface area contributed by atoms with Crippen molar-refractivity contribution < 1.29 is 4.74 Å². The first-order chi connectivity index (χ1) is 14.3. The van der Waals surface area contributed by atoms with Crippen LogP contribution < -0.4 is 4.74 Å². The van der Waals surface area contributed by atoms with E-state index in [1.54, 1.807) is 24.8 Å². The van der Waals surface area contributed by atoms with Gasteiger partial charge in [0.2, 0.25) is 5.82 Å². The molecule has 0 radical (unpaired) electrons. The van der Waals surface area contributed by atoms with Crippen LogP contribution in [0.5, 0.6) is 11.5 Å². The molecular weight excluding hydrogens is 366 g/mol. The Labute approximate surface area is 165 Å². The van der Waals surface area contributed by atoms with E-state index in [1.165, 1.54) is 4.80 Å². The van der Waals surface area contributed by atoms with Gasteiger partial charge < -0.3 is 9.72 Å². The first kappa shape index (κ1) is 16.8. The van der Waals surface area contributed by atoms with Crippen molar-refractivity contribution in [1.29, 1.82) is 0 Å². The summed E-state index contributed by atoms with van der Waals surface area (Å²) in [6.07, 6.45) is 6.73. The number of H-pyrrole nitrogens is 1. The predicted molar refractivity (Wildman–Crippen MR) is 106 cm³/mol. The molecule has 3 aromatic heterocycles. The molecule has 0 unspecified atom stereocenters. The molecule has 0 atom stereocenters. The van der Waals surface area contributed by atoms with Gasteiger partial charge in [-0.05, 0) is 40.6 Å². The number of pyridine rings is 1. The van der Waals surface area contributed by atoms with Gasteiger partial charge in [0.05, 0.1) is 11.9 Å². The molecule has 140 valence electrons. The molecule has 0 aliphatic heterocycles. The highest BCUT2D eigenvalue weighted by atomic mass is 16.5. The summed E-state index contributed by atoms with van der Waals surface area (Å²) < 4.78 is 6.01. The number of hydrogen-bond donors (Lipinski definition) is 1. The topological polar surface area (TPSA) is 94.4 Å². The van der Waals surface area contributed by atoms with Crippen LogP contribution in [0, 0.1) is 0 Å². The summed E-state index contributed by atoms with van der Waals surface area (Å²) in [4.78, 5) is 12.7. The van der Waals surface area contributed by atoms with Gasteiger partial charge in [-0.3, -0.25) is 4.98 Å². The van der Waals surface area contributed by atoms with Gasteiger partial charge in [-0.15, -0.1) is 15.0 Å². The Hall–Kier alpha value is -4.33. The van der Waals surface area contributed by atoms with Gasteiger partial charge in [-0.25, -0.2) is 4.98 Å². The molecule has 0 aliphatic carbocycles. The van der Waals surface area contributed by atoms with Gasteiger partial charge >= 0.3 is 0 Å². The second kappa shape index (κ2) is 7.35. The fourth-order valence-electron chi connectivity index (χ4n) is 2.90. The van der Waals surface area contributed by atoms with Crippen LogP contribution in [0.2, 0.25) is 0 Å². The molecule has 5 aromatic rings. The molecular formula is C21H15N7O. The van der Waals surface area contributed by atoms with Gasteiger partial charge in [-0.1, -0.05) is 30.3 Å².